The number of nitrogens with zero attached hydrogens (tertiary/aromatic N) is 1. The number of para-hydroxylation sites is 1. The van der Waals surface area contributed by atoms with Crippen molar-refractivity contribution < 1.29 is 5.11 Å². The third kappa shape index (κ3) is 1.76. The maximum Gasteiger partial charge on any atom is 0.115 e. The van der Waals surface area contributed by atoms with E-state index in [2.05, 4.69) is 29.8 Å². The summed E-state index contributed by atoms with van der Waals surface area (Å²) in [5.41, 5.74) is 11.3. The molecule has 0 bridgehead atoms. The molecular weight excluding hydrogens is 272 g/mol. The number of hydrogen-bond acceptors (Lipinski definition) is 2. The number of aromatic hydroxyl groups is 1. The second-order valence-electron chi connectivity index (χ2n) is 5.59. The van der Waals surface area contributed by atoms with Gasteiger partial charge in [0, 0.05) is 29.0 Å². The summed E-state index contributed by atoms with van der Waals surface area (Å²) in [6, 6.07) is 19.6. The Balaban J connectivity index is 2.18. The molecule has 0 radical (unpaired) electrons. The van der Waals surface area contributed by atoms with Crippen LogP contribution in [-0.2, 0) is 7.05 Å². The SMILES string of the molecule is Cn1c2ccccc2c2c(-c3ccc(O)cc3)cc(N)cc21. The van der Waals surface area contributed by atoms with Crippen molar-refractivity contribution in [1.82, 2.24) is 4.57 Å². The molecule has 4 rings (SSSR count). The monoisotopic (exact) mass is 288 g/mol. The van der Waals surface area contributed by atoms with E-state index in [0.717, 1.165) is 22.3 Å². The van der Waals surface area contributed by atoms with Crippen LogP contribution < -0.4 is 5.73 Å². The first-order chi connectivity index (χ1) is 10.6. The molecule has 0 aliphatic carbocycles. The van der Waals surface area contributed by atoms with E-state index >= 15 is 0 Å². The van der Waals surface area contributed by atoms with Gasteiger partial charge in [-0.15, -0.1) is 0 Å². The quantitative estimate of drug-likeness (QED) is 0.513. The molecule has 3 heteroatoms. The third-order valence-electron chi connectivity index (χ3n) is 4.21. The summed E-state index contributed by atoms with van der Waals surface area (Å²) in [5.74, 6) is 0.266. The zero-order valence-corrected chi connectivity index (χ0v) is 12.2. The molecule has 0 fully saturated rings. The van der Waals surface area contributed by atoms with Crippen molar-refractivity contribution in [2.45, 2.75) is 0 Å². The summed E-state index contributed by atoms with van der Waals surface area (Å²) in [6.07, 6.45) is 0. The number of nitrogen functional groups attached to an aromatic ring is 1. The Bertz CT molecular complexity index is 997. The molecule has 3 aromatic carbocycles. The van der Waals surface area contributed by atoms with Crippen LogP contribution in [0.3, 0.4) is 0 Å². The Labute approximate surface area is 128 Å². The van der Waals surface area contributed by atoms with Crippen LogP contribution in [0.5, 0.6) is 5.75 Å². The second-order valence-corrected chi connectivity index (χ2v) is 5.59. The number of phenols is 1. The molecule has 0 aliphatic rings. The van der Waals surface area contributed by atoms with Crippen molar-refractivity contribution in [3.8, 4) is 16.9 Å². The molecule has 0 unspecified atom stereocenters. The molecule has 0 aliphatic heterocycles. The normalized spacial score (nSPS) is 11.3. The molecule has 3 nitrogen and oxygen atoms in total. The van der Waals surface area contributed by atoms with Crippen LogP contribution in [0.1, 0.15) is 0 Å². The molecule has 0 saturated heterocycles. The Hall–Kier alpha value is -2.94. The van der Waals surface area contributed by atoms with Gasteiger partial charge in [0.05, 0.1) is 5.52 Å². The van der Waals surface area contributed by atoms with Crippen LogP contribution in [0.2, 0.25) is 0 Å². The van der Waals surface area contributed by atoms with Gasteiger partial charge < -0.3 is 15.4 Å². The van der Waals surface area contributed by atoms with Crippen molar-refractivity contribution in [2.75, 3.05) is 5.73 Å². The average molecular weight is 288 g/mol. The fourth-order valence-electron chi connectivity index (χ4n) is 3.17. The molecular formula is C19H16N2O. The summed E-state index contributed by atoms with van der Waals surface area (Å²) in [6.45, 7) is 0. The predicted molar refractivity (Wildman–Crippen MR) is 91.9 cm³/mol. The van der Waals surface area contributed by atoms with Gasteiger partial charge in [0.25, 0.3) is 0 Å². The summed E-state index contributed by atoms with van der Waals surface area (Å²) >= 11 is 0. The summed E-state index contributed by atoms with van der Waals surface area (Å²) in [5, 5.41) is 11.9. The minimum absolute atomic E-state index is 0.266. The number of fused-ring (bicyclic) bond motifs is 3. The van der Waals surface area contributed by atoms with E-state index in [9.17, 15) is 5.11 Å². The number of rotatable bonds is 1. The molecule has 0 atom stereocenters. The maximum absolute atomic E-state index is 9.52. The predicted octanol–water partition coefficient (Wildman–Crippen LogP) is 4.29. The van der Waals surface area contributed by atoms with E-state index in [1.54, 1.807) is 12.1 Å². The minimum Gasteiger partial charge on any atom is -0.508 e. The number of aryl methyl sites for hydroxylation is 1. The zero-order chi connectivity index (χ0) is 15.3. The third-order valence-corrected chi connectivity index (χ3v) is 4.21. The fourth-order valence-corrected chi connectivity index (χ4v) is 3.17. The molecule has 4 aromatic rings. The number of benzene rings is 3. The smallest absolute Gasteiger partial charge is 0.115 e. The Morgan fingerprint density at radius 1 is 0.909 bits per heavy atom. The largest absolute Gasteiger partial charge is 0.508 e. The fraction of sp³-hybridized carbons (Fsp3) is 0.0526. The van der Waals surface area contributed by atoms with Gasteiger partial charge in [-0.3, -0.25) is 0 Å². The lowest BCUT2D eigenvalue weighted by atomic mass is 9.98. The maximum atomic E-state index is 9.52. The number of phenolic OH excluding ortho intramolecular Hbond substituents is 1. The number of aromatic nitrogens is 1. The summed E-state index contributed by atoms with van der Waals surface area (Å²) in [7, 11) is 2.06. The van der Waals surface area contributed by atoms with Crippen molar-refractivity contribution in [1.29, 1.82) is 0 Å². The van der Waals surface area contributed by atoms with Gasteiger partial charge >= 0.3 is 0 Å². The molecule has 3 N–H and O–H groups in total. The Kier molecular flexibility index (Phi) is 2.63. The number of nitrogens with two attached hydrogens (primary N) is 1. The zero-order valence-electron chi connectivity index (χ0n) is 12.2. The highest BCUT2D eigenvalue weighted by Crippen LogP contribution is 2.38. The lowest BCUT2D eigenvalue weighted by molar-refractivity contribution is 0.475. The molecule has 0 spiro atoms. The van der Waals surface area contributed by atoms with Crippen LogP contribution in [0.25, 0.3) is 32.9 Å². The van der Waals surface area contributed by atoms with Gasteiger partial charge in [-0.2, -0.15) is 0 Å². The first-order valence-corrected chi connectivity index (χ1v) is 7.21. The van der Waals surface area contributed by atoms with Gasteiger partial charge in [0.15, 0.2) is 0 Å². The first kappa shape index (κ1) is 12.8. The summed E-state index contributed by atoms with van der Waals surface area (Å²) < 4.78 is 2.17. The van der Waals surface area contributed by atoms with Crippen LogP contribution in [0.15, 0.2) is 60.7 Å². The van der Waals surface area contributed by atoms with E-state index < -0.39 is 0 Å². The van der Waals surface area contributed by atoms with Gasteiger partial charge in [-0.25, -0.2) is 0 Å². The standard InChI is InChI=1S/C19H16N2O/c1-21-17-5-3-2-4-15(17)19-16(10-13(20)11-18(19)21)12-6-8-14(22)9-7-12/h2-11,22H,20H2,1H3. The second kappa shape index (κ2) is 4.53. The highest BCUT2D eigenvalue weighted by molar-refractivity contribution is 6.15. The van der Waals surface area contributed by atoms with Gasteiger partial charge in [-0.05, 0) is 41.5 Å². The van der Waals surface area contributed by atoms with Crippen LogP contribution in [0, 0.1) is 0 Å². The number of hydrogen-bond donors (Lipinski definition) is 2. The highest BCUT2D eigenvalue weighted by Gasteiger charge is 2.13. The van der Waals surface area contributed by atoms with Crippen LogP contribution in [-0.4, -0.2) is 9.67 Å². The molecule has 0 amide bonds. The average Bonchev–Trinajstić information content (AvgIpc) is 2.81. The minimum atomic E-state index is 0.266. The molecule has 1 aromatic heterocycles. The Morgan fingerprint density at radius 2 is 1.64 bits per heavy atom. The van der Waals surface area contributed by atoms with Crippen molar-refractivity contribution in [3.63, 3.8) is 0 Å². The molecule has 1 heterocycles. The molecule has 22 heavy (non-hydrogen) atoms. The highest BCUT2D eigenvalue weighted by atomic mass is 16.3. The van der Waals surface area contributed by atoms with Crippen molar-refractivity contribution in [3.05, 3.63) is 60.7 Å². The van der Waals surface area contributed by atoms with Crippen molar-refractivity contribution >= 4 is 27.5 Å². The van der Waals surface area contributed by atoms with E-state index in [1.165, 1.54) is 16.3 Å². The van der Waals surface area contributed by atoms with Crippen LogP contribution >= 0.6 is 0 Å². The molecule has 0 saturated carbocycles. The first-order valence-electron chi connectivity index (χ1n) is 7.21. The van der Waals surface area contributed by atoms with E-state index in [-0.39, 0.29) is 5.75 Å². The van der Waals surface area contributed by atoms with Gasteiger partial charge in [-0.1, -0.05) is 30.3 Å². The van der Waals surface area contributed by atoms with Gasteiger partial charge in [0.2, 0.25) is 0 Å². The summed E-state index contributed by atoms with van der Waals surface area (Å²) in [4.78, 5) is 0. The lowest BCUT2D eigenvalue weighted by Gasteiger charge is -2.07. The lowest BCUT2D eigenvalue weighted by Crippen LogP contribution is -1.91. The topological polar surface area (TPSA) is 51.2 Å². The van der Waals surface area contributed by atoms with E-state index in [1.807, 2.05) is 30.3 Å². The van der Waals surface area contributed by atoms with Gasteiger partial charge in [0.1, 0.15) is 5.75 Å². The Morgan fingerprint density at radius 3 is 2.41 bits per heavy atom. The van der Waals surface area contributed by atoms with E-state index in [0.29, 0.717) is 0 Å². The van der Waals surface area contributed by atoms with E-state index in [4.69, 9.17) is 5.73 Å². The van der Waals surface area contributed by atoms with Crippen molar-refractivity contribution in [2.24, 2.45) is 7.05 Å². The van der Waals surface area contributed by atoms with Crippen LogP contribution in [0.4, 0.5) is 5.69 Å². The molecule has 108 valence electrons. The number of anilines is 1.